The minimum Gasteiger partial charge on any atom is -0.491 e. The lowest BCUT2D eigenvalue weighted by Gasteiger charge is -2.39. The number of nitrogens with zero attached hydrogens (tertiary/aromatic N) is 2. The molecule has 1 N–H and O–H groups in total. The summed E-state index contributed by atoms with van der Waals surface area (Å²) in [7, 11) is 0. The standard InChI is InChI=1S/C29H31ClN2O3/c30-25-8-9-28-24(18-25)21-35-29(28)10-14-32(15-11-29)13-3-7-27(23-5-2-12-31-20-23)22-4-1-6-26(19-22)34-17-16-33/h1-2,4-9,12,18-20,33H,3,10-11,13-17,21H2/b27-7-. The van der Waals surface area contributed by atoms with E-state index in [2.05, 4.69) is 34.2 Å². The first-order valence-corrected chi connectivity index (χ1v) is 12.6. The Morgan fingerprint density at radius 2 is 1.97 bits per heavy atom. The van der Waals surface area contributed by atoms with Crippen LogP contribution in [0.15, 0.2) is 73.1 Å². The normalized spacial score (nSPS) is 17.5. The van der Waals surface area contributed by atoms with Gasteiger partial charge in [0.25, 0.3) is 0 Å². The lowest BCUT2D eigenvalue weighted by Crippen LogP contribution is -2.42. The molecule has 1 aromatic heterocycles. The third-order valence-electron chi connectivity index (χ3n) is 7.00. The van der Waals surface area contributed by atoms with Crippen molar-refractivity contribution in [2.75, 3.05) is 32.8 Å². The summed E-state index contributed by atoms with van der Waals surface area (Å²) < 4.78 is 12.0. The van der Waals surface area contributed by atoms with Crippen molar-refractivity contribution in [2.45, 2.75) is 31.5 Å². The summed E-state index contributed by atoms with van der Waals surface area (Å²) in [5.41, 5.74) is 5.72. The number of fused-ring (bicyclic) bond motifs is 2. The molecule has 5 nitrogen and oxygen atoms in total. The van der Waals surface area contributed by atoms with Gasteiger partial charge in [0, 0.05) is 42.6 Å². The van der Waals surface area contributed by atoms with E-state index in [4.69, 9.17) is 26.2 Å². The van der Waals surface area contributed by atoms with Crippen molar-refractivity contribution >= 4 is 17.2 Å². The van der Waals surface area contributed by atoms with Crippen LogP contribution in [0, 0.1) is 0 Å². The molecule has 2 aliphatic rings. The van der Waals surface area contributed by atoms with Crippen LogP contribution in [0.3, 0.4) is 0 Å². The second-order valence-electron chi connectivity index (χ2n) is 9.17. The number of aromatic nitrogens is 1. The highest BCUT2D eigenvalue weighted by molar-refractivity contribution is 6.30. The van der Waals surface area contributed by atoms with Gasteiger partial charge in [0.2, 0.25) is 0 Å². The zero-order chi connectivity index (χ0) is 24.1. The monoisotopic (exact) mass is 490 g/mol. The lowest BCUT2D eigenvalue weighted by atomic mass is 9.84. The Morgan fingerprint density at radius 1 is 1.11 bits per heavy atom. The molecule has 0 aliphatic carbocycles. The summed E-state index contributed by atoms with van der Waals surface area (Å²) in [4.78, 5) is 6.86. The van der Waals surface area contributed by atoms with Gasteiger partial charge in [0.05, 0.1) is 18.8 Å². The van der Waals surface area contributed by atoms with E-state index >= 15 is 0 Å². The third-order valence-corrected chi connectivity index (χ3v) is 7.23. The number of aliphatic hydroxyl groups excluding tert-OH is 1. The Labute approximate surface area is 212 Å². The molecule has 1 fully saturated rings. The Bertz CT molecular complexity index is 1170. The summed E-state index contributed by atoms with van der Waals surface area (Å²) in [6, 6.07) is 18.3. The fourth-order valence-corrected chi connectivity index (χ4v) is 5.40. The number of aliphatic hydroxyl groups is 1. The Morgan fingerprint density at radius 3 is 2.77 bits per heavy atom. The van der Waals surface area contributed by atoms with Gasteiger partial charge in [0.15, 0.2) is 0 Å². The zero-order valence-electron chi connectivity index (χ0n) is 19.8. The fraction of sp³-hybridized carbons (Fsp3) is 0.345. The van der Waals surface area contributed by atoms with Gasteiger partial charge in [-0.15, -0.1) is 0 Å². The summed E-state index contributed by atoms with van der Waals surface area (Å²) >= 11 is 6.19. The Hall–Kier alpha value is -2.70. The number of benzene rings is 2. The predicted molar refractivity (Wildman–Crippen MR) is 139 cm³/mol. The molecule has 1 spiro atoms. The Balaban J connectivity index is 1.26. The molecular formula is C29H31ClN2O3. The number of ether oxygens (including phenoxy) is 2. The van der Waals surface area contributed by atoms with Crippen molar-refractivity contribution in [3.8, 4) is 5.75 Å². The van der Waals surface area contributed by atoms with Gasteiger partial charge in [-0.2, -0.15) is 0 Å². The van der Waals surface area contributed by atoms with Crippen molar-refractivity contribution in [3.05, 3.63) is 100 Å². The Kier molecular flexibility index (Phi) is 7.49. The zero-order valence-corrected chi connectivity index (χ0v) is 20.6. The van der Waals surface area contributed by atoms with Crippen molar-refractivity contribution in [3.63, 3.8) is 0 Å². The molecule has 2 aromatic carbocycles. The van der Waals surface area contributed by atoms with E-state index in [-0.39, 0.29) is 18.8 Å². The third kappa shape index (κ3) is 5.44. The van der Waals surface area contributed by atoms with Crippen LogP contribution < -0.4 is 4.74 Å². The van der Waals surface area contributed by atoms with Gasteiger partial charge in [-0.1, -0.05) is 41.9 Å². The SMILES string of the molecule is OCCOc1cccc(/C(=C/CCN2CCC3(CC2)OCc2cc(Cl)ccc23)c2cccnc2)c1. The van der Waals surface area contributed by atoms with Crippen molar-refractivity contribution in [1.29, 1.82) is 0 Å². The van der Waals surface area contributed by atoms with Crippen LogP contribution in [0.2, 0.25) is 5.02 Å². The maximum absolute atomic E-state index is 9.09. The summed E-state index contributed by atoms with van der Waals surface area (Å²) in [5.74, 6) is 0.755. The van der Waals surface area contributed by atoms with Gasteiger partial charge in [-0.3, -0.25) is 4.98 Å². The van der Waals surface area contributed by atoms with Crippen LogP contribution in [-0.2, 0) is 16.9 Å². The second-order valence-corrected chi connectivity index (χ2v) is 9.61. The number of pyridine rings is 1. The second kappa shape index (κ2) is 10.9. The average molecular weight is 491 g/mol. The minimum atomic E-state index is -0.151. The topological polar surface area (TPSA) is 54.8 Å². The number of rotatable bonds is 8. The average Bonchev–Trinajstić information content (AvgIpc) is 3.24. The van der Waals surface area contributed by atoms with Crippen LogP contribution in [0.4, 0.5) is 0 Å². The van der Waals surface area contributed by atoms with E-state index in [0.29, 0.717) is 6.61 Å². The maximum Gasteiger partial charge on any atom is 0.120 e. The van der Waals surface area contributed by atoms with Gasteiger partial charge < -0.3 is 19.5 Å². The van der Waals surface area contributed by atoms with E-state index in [9.17, 15) is 0 Å². The molecule has 35 heavy (non-hydrogen) atoms. The van der Waals surface area contributed by atoms with Gasteiger partial charge in [0.1, 0.15) is 12.4 Å². The number of likely N-dealkylation sites (tertiary alicyclic amines) is 1. The molecule has 0 unspecified atom stereocenters. The van der Waals surface area contributed by atoms with E-state index in [1.165, 1.54) is 11.1 Å². The molecule has 3 aromatic rings. The molecule has 3 heterocycles. The lowest BCUT2D eigenvalue weighted by molar-refractivity contribution is -0.0785. The van der Waals surface area contributed by atoms with E-state index in [1.54, 1.807) is 6.20 Å². The number of hydrogen-bond donors (Lipinski definition) is 1. The summed E-state index contributed by atoms with van der Waals surface area (Å²) in [6.07, 6.45) is 8.94. The maximum atomic E-state index is 9.09. The molecule has 0 saturated carbocycles. The van der Waals surface area contributed by atoms with Crippen molar-refractivity contribution in [2.24, 2.45) is 0 Å². The molecular weight excluding hydrogens is 460 g/mol. The number of hydrogen-bond acceptors (Lipinski definition) is 5. The molecule has 0 bridgehead atoms. The molecule has 5 rings (SSSR count). The van der Waals surface area contributed by atoms with Gasteiger partial charge in [-0.05, 0) is 71.9 Å². The highest BCUT2D eigenvalue weighted by Crippen LogP contribution is 2.44. The number of piperidine rings is 1. The molecule has 6 heteroatoms. The molecule has 182 valence electrons. The van der Waals surface area contributed by atoms with Crippen LogP contribution >= 0.6 is 11.6 Å². The first-order chi connectivity index (χ1) is 17.2. The molecule has 0 atom stereocenters. The molecule has 0 radical (unpaired) electrons. The highest BCUT2D eigenvalue weighted by atomic mass is 35.5. The van der Waals surface area contributed by atoms with Crippen LogP contribution in [0.5, 0.6) is 5.75 Å². The fourth-order valence-electron chi connectivity index (χ4n) is 5.20. The summed E-state index contributed by atoms with van der Waals surface area (Å²) in [5, 5.41) is 9.87. The predicted octanol–water partition coefficient (Wildman–Crippen LogP) is 5.45. The van der Waals surface area contributed by atoms with Gasteiger partial charge in [-0.25, -0.2) is 0 Å². The summed E-state index contributed by atoms with van der Waals surface area (Å²) in [6.45, 7) is 3.97. The van der Waals surface area contributed by atoms with Crippen molar-refractivity contribution in [1.82, 2.24) is 9.88 Å². The highest BCUT2D eigenvalue weighted by Gasteiger charge is 2.42. The van der Waals surface area contributed by atoms with Crippen LogP contribution in [-0.4, -0.2) is 47.8 Å². The van der Waals surface area contributed by atoms with Gasteiger partial charge >= 0.3 is 0 Å². The molecule has 1 saturated heterocycles. The van der Waals surface area contributed by atoms with E-state index < -0.39 is 0 Å². The molecule has 0 amide bonds. The molecule has 2 aliphatic heterocycles. The largest absolute Gasteiger partial charge is 0.491 e. The first kappa shape index (κ1) is 24.0. The first-order valence-electron chi connectivity index (χ1n) is 12.3. The quantitative estimate of drug-likeness (QED) is 0.455. The van der Waals surface area contributed by atoms with E-state index in [0.717, 1.165) is 66.4 Å². The smallest absolute Gasteiger partial charge is 0.120 e. The van der Waals surface area contributed by atoms with Crippen LogP contribution in [0.25, 0.3) is 5.57 Å². The number of halogens is 1. The van der Waals surface area contributed by atoms with Crippen molar-refractivity contribution < 1.29 is 14.6 Å². The van der Waals surface area contributed by atoms with Crippen LogP contribution in [0.1, 0.15) is 41.5 Å². The van der Waals surface area contributed by atoms with E-state index in [1.807, 2.05) is 42.6 Å². The minimum absolute atomic E-state index is 0.00296.